The van der Waals surface area contributed by atoms with Crippen LogP contribution in [0.2, 0.25) is 5.02 Å². The van der Waals surface area contributed by atoms with Gasteiger partial charge in [0, 0.05) is 16.9 Å². The van der Waals surface area contributed by atoms with Crippen molar-refractivity contribution in [3.63, 3.8) is 0 Å². The van der Waals surface area contributed by atoms with Gasteiger partial charge in [-0.3, -0.25) is 4.79 Å². The molecule has 0 aliphatic carbocycles. The molecule has 0 saturated carbocycles. The summed E-state index contributed by atoms with van der Waals surface area (Å²) in [5.41, 5.74) is 2.36. The van der Waals surface area contributed by atoms with Crippen LogP contribution in [0.5, 0.6) is 0 Å². The van der Waals surface area contributed by atoms with Gasteiger partial charge in [-0.1, -0.05) is 48.0 Å². The van der Waals surface area contributed by atoms with Gasteiger partial charge in [-0.15, -0.1) is 0 Å². The molecule has 0 saturated heterocycles. The van der Waals surface area contributed by atoms with E-state index < -0.39 is 5.92 Å². The molecule has 1 amide bonds. The Morgan fingerprint density at radius 2 is 1.96 bits per heavy atom. The van der Waals surface area contributed by atoms with Gasteiger partial charge in [-0.05, 0) is 36.2 Å². The lowest BCUT2D eigenvalue weighted by atomic mass is 9.92. The number of aryl methyl sites for hydroxylation is 1. The van der Waals surface area contributed by atoms with Crippen LogP contribution >= 0.6 is 11.6 Å². The summed E-state index contributed by atoms with van der Waals surface area (Å²) in [6.07, 6.45) is 1.53. The summed E-state index contributed by atoms with van der Waals surface area (Å²) in [6, 6.07) is 18.4. The van der Waals surface area contributed by atoms with Crippen molar-refractivity contribution in [2.45, 2.75) is 12.8 Å². The lowest BCUT2D eigenvalue weighted by molar-refractivity contribution is 0.102. The van der Waals surface area contributed by atoms with Crippen molar-refractivity contribution < 1.29 is 4.79 Å². The van der Waals surface area contributed by atoms with Crippen molar-refractivity contribution in [2.24, 2.45) is 0 Å². The molecular formula is C20H15ClN4O. The quantitative estimate of drug-likeness (QED) is 0.748. The highest BCUT2D eigenvalue weighted by atomic mass is 35.5. The Balaban J connectivity index is 1.83. The van der Waals surface area contributed by atoms with Crippen LogP contribution in [0.3, 0.4) is 0 Å². The van der Waals surface area contributed by atoms with E-state index in [4.69, 9.17) is 11.6 Å². The van der Waals surface area contributed by atoms with Crippen molar-refractivity contribution in [3.8, 4) is 6.07 Å². The van der Waals surface area contributed by atoms with Crippen molar-refractivity contribution in [1.82, 2.24) is 9.97 Å². The number of anilines is 1. The first-order valence-electron chi connectivity index (χ1n) is 7.93. The standard InChI is InChI=1S/C20H15ClN4O/c1-13-23-10-9-19(24-13)20(26)25-15-7-8-16(18(21)11-15)17(12-22)14-5-3-2-4-6-14/h2-11,17H,1H3,(H,25,26). The number of carbonyl (C=O) groups is 1. The molecule has 0 aliphatic rings. The third-order valence-corrected chi connectivity index (χ3v) is 4.17. The largest absolute Gasteiger partial charge is 0.321 e. The first-order valence-corrected chi connectivity index (χ1v) is 8.31. The highest BCUT2D eigenvalue weighted by Gasteiger charge is 2.17. The number of carbonyl (C=O) groups excluding carboxylic acids is 1. The van der Waals surface area contributed by atoms with Crippen LogP contribution in [0.4, 0.5) is 5.69 Å². The average Bonchev–Trinajstić information content (AvgIpc) is 2.65. The zero-order chi connectivity index (χ0) is 18.5. The number of nitrogens with one attached hydrogen (secondary N) is 1. The highest BCUT2D eigenvalue weighted by molar-refractivity contribution is 6.31. The molecule has 26 heavy (non-hydrogen) atoms. The second-order valence-corrected chi connectivity index (χ2v) is 6.06. The number of halogens is 1. The average molecular weight is 363 g/mol. The van der Waals surface area contributed by atoms with Crippen LogP contribution in [-0.2, 0) is 0 Å². The van der Waals surface area contributed by atoms with Crippen molar-refractivity contribution in [2.75, 3.05) is 5.32 Å². The minimum atomic E-state index is -0.474. The number of nitrogens with zero attached hydrogens (tertiary/aromatic N) is 3. The Morgan fingerprint density at radius 3 is 2.62 bits per heavy atom. The summed E-state index contributed by atoms with van der Waals surface area (Å²) in [7, 11) is 0. The van der Waals surface area contributed by atoms with Gasteiger partial charge in [0.15, 0.2) is 0 Å². The van der Waals surface area contributed by atoms with Gasteiger partial charge in [0.25, 0.3) is 5.91 Å². The van der Waals surface area contributed by atoms with Crippen LogP contribution in [-0.4, -0.2) is 15.9 Å². The minimum absolute atomic E-state index is 0.275. The minimum Gasteiger partial charge on any atom is -0.321 e. The second-order valence-electron chi connectivity index (χ2n) is 5.65. The Labute approximate surface area is 156 Å². The molecule has 3 aromatic rings. The Bertz CT molecular complexity index is 983. The maximum atomic E-state index is 12.3. The van der Waals surface area contributed by atoms with Crippen molar-refractivity contribution >= 4 is 23.2 Å². The molecule has 1 N–H and O–H groups in total. The predicted octanol–water partition coefficient (Wildman–Crippen LogP) is 4.35. The summed E-state index contributed by atoms with van der Waals surface area (Å²) in [6.45, 7) is 1.72. The molecule has 2 aromatic carbocycles. The van der Waals surface area contributed by atoms with E-state index in [0.717, 1.165) is 5.56 Å². The van der Waals surface area contributed by atoms with Crippen LogP contribution in [0, 0.1) is 18.3 Å². The molecule has 0 bridgehead atoms. The number of aromatic nitrogens is 2. The number of amides is 1. The van der Waals surface area contributed by atoms with Gasteiger partial charge < -0.3 is 5.32 Å². The molecule has 0 radical (unpaired) electrons. The maximum Gasteiger partial charge on any atom is 0.274 e. The first kappa shape index (κ1) is 17.6. The maximum absolute atomic E-state index is 12.3. The van der Waals surface area contributed by atoms with Gasteiger partial charge in [0.05, 0.1) is 12.0 Å². The number of hydrogen-bond acceptors (Lipinski definition) is 4. The third-order valence-electron chi connectivity index (χ3n) is 3.84. The molecule has 0 aliphatic heterocycles. The van der Waals surface area contributed by atoms with E-state index in [9.17, 15) is 10.1 Å². The first-order chi connectivity index (χ1) is 12.6. The molecule has 6 heteroatoms. The normalized spacial score (nSPS) is 11.4. The monoisotopic (exact) mass is 362 g/mol. The molecule has 0 fully saturated rings. The van der Waals surface area contributed by atoms with Crippen molar-refractivity contribution in [3.05, 3.63) is 88.5 Å². The van der Waals surface area contributed by atoms with E-state index in [1.807, 2.05) is 30.3 Å². The molecule has 128 valence electrons. The van der Waals surface area contributed by atoms with Crippen LogP contribution in [0.15, 0.2) is 60.8 Å². The van der Waals surface area contributed by atoms with Gasteiger partial charge in [-0.2, -0.15) is 5.26 Å². The SMILES string of the molecule is Cc1nccc(C(=O)Nc2ccc(C(C#N)c3ccccc3)c(Cl)c2)n1. The molecule has 1 heterocycles. The summed E-state index contributed by atoms with van der Waals surface area (Å²) >= 11 is 6.38. The lowest BCUT2D eigenvalue weighted by Gasteiger charge is -2.13. The van der Waals surface area contributed by atoms with Crippen LogP contribution in [0.1, 0.15) is 33.4 Å². The van der Waals surface area contributed by atoms with Gasteiger partial charge in [-0.25, -0.2) is 9.97 Å². The number of nitriles is 1. The molecule has 1 unspecified atom stereocenters. The van der Waals surface area contributed by atoms with E-state index >= 15 is 0 Å². The smallest absolute Gasteiger partial charge is 0.274 e. The van der Waals surface area contributed by atoms with E-state index in [0.29, 0.717) is 22.1 Å². The molecule has 5 nitrogen and oxygen atoms in total. The molecule has 1 atom stereocenters. The van der Waals surface area contributed by atoms with E-state index in [2.05, 4.69) is 21.4 Å². The van der Waals surface area contributed by atoms with Gasteiger partial charge >= 0.3 is 0 Å². The summed E-state index contributed by atoms with van der Waals surface area (Å²) in [5, 5.41) is 12.7. The molecule has 0 spiro atoms. The van der Waals surface area contributed by atoms with E-state index in [-0.39, 0.29) is 11.6 Å². The Morgan fingerprint density at radius 1 is 1.19 bits per heavy atom. The van der Waals surface area contributed by atoms with Gasteiger partial charge in [0.2, 0.25) is 0 Å². The topological polar surface area (TPSA) is 78.7 Å². The Kier molecular flexibility index (Phi) is 5.26. The van der Waals surface area contributed by atoms with Crippen molar-refractivity contribution in [1.29, 1.82) is 5.26 Å². The molecular weight excluding hydrogens is 348 g/mol. The lowest BCUT2D eigenvalue weighted by Crippen LogP contribution is -2.14. The number of benzene rings is 2. The van der Waals surface area contributed by atoms with Crippen LogP contribution < -0.4 is 5.32 Å². The second kappa shape index (κ2) is 7.77. The number of rotatable bonds is 4. The fraction of sp³-hybridized carbons (Fsp3) is 0.100. The number of hydrogen-bond donors (Lipinski definition) is 1. The molecule has 3 rings (SSSR count). The summed E-state index contributed by atoms with van der Waals surface area (Å²) in [5.74, 6) is -0.303. The van der Waals surface area contributed by atoms with Crippen LogP contribution in [0.25, 0.3) is 0 Å². The molecule has 1 aromatic heterocycles. The van der Waals surface area contributed by atoms with E-state index in [1.54, 1.807) is 31.2 Å². The van der Waals surface area contributed by atoms with E-state index in [1.165, 1.54) is 6.20 Å². The highest BCUT2D eigenvalue weighted by Crippen LogP contribution is 2.31. The predicted molar refractivity (Wildman–Crippen MR) is 100 cm³/mol. The fourth-order valence-electron chi connectivity index (χ4n) is 2.59. The summed E-state index contributed by atoms with van der Waals surface area (Å²) < 4.78 is 0. The summed E-state index contributed by atoms with van der Waals surface area (Å²) in [4.78, 5) is 20.3. The third kappa shape index (κ3) is 3.88. The zero-order valence-electron chi connectivity index (χ0n) is 14.0. The van der Waals surface area contributed by atoms with Gasteiger partial charge in [0.1, 0.15) is 11.5 Å². The Hall–Kier alpha value is -3.23. The zero-order valence-corrected chi connectivity index (χ0v) is 14.7. The fourth-order valence-corrected chi connectivity index (χ4v) is 2.88.